The molecule has 0 aromatic rings. The highest BCUT2D eigenvalue weighted by Gasteiger charge is 2.47. The lowest BCUT2D eigenvalue weighted by atomic mass is 9.96. The van der Waals surface area contributed by atoms with E-state index in [9.17, 15) is 19.5 Å². The third kappa shape index (κ3) is 5.19. The molecule has 1 fully saturated rings. The minimum atomic E-state index is -1.70. The lowest BCUT2D eigenvalue weighted by molar-refractivity contribution is -0.155. The van der Waals surface area contributed by atoms with Crippen LogP contribution in [0.2, 0.25) is 0 Å². The van der Waals surface area contributed by atoms with Crippen molar-refractivity contribution in [3.63, 3.8) is 0 Å². The molecule has 26 heavy (non-hydrogen) atoms. The van der Waals surface area contributed by atoms with Crippen molar-refractivity contribution >= 4 is 17.7 Å². The molecule has 0 radical (unpaired) electrons. The predicted molar refractivity (Wildman–Crippen MR) is 97.9 cm³/mol. The summed E-state index contributed by atoms with van der Waals surface area (Å²) in [4.78, 5) is 41.5. The molecule has 8 nitrogen and oxygen atoms in total. The van der Waals surface area contributed by atoms with Crippen molar-refractivity contribution < 1.29 is 19.5 Å². The molecule has 2 atom stereocenters. The maximum atomic E-state index is 12.8. The number of amides is 3. The second-order valence-corrected chi connectivity index (χ2v) is 7.27. The summed E-state index contributed by atoms with van der Waals surface area (Å²) in [5, 5.41) is 13.3. The van der Waals surface area contributed by atoms with E-state index in [1.165, 1.54) is 23.9 Å². The molecule has 1 heterocycles. The van der Waals surface area contributed by atoms with Crippen LogP contribution in [0.15, 0.2) is 0 Å². The molecule has 0 spiro atoms. The molecule has 0 saturated carbocycles. The highest BCUT2D eigenvalue weighted by atomic mass is 16.3. The standard InChI is InChI=1S/C18H30N4O4/c1-13(2)15(16(24)19-3)21(6)17(25)18(26)9-11-22(12-18)14(23)8-7-10-20(4)5/h13,15,26H,9-12H2,1-6H3,(H,19,24)/t15-,18?/m0/s1. The smallest absolute Gasteiger partial charge is 0.298 e. The summed E-state index contributed by atoms with van der Waals surface area (Å²) in [6, 6.07) is -0.693. The van der Waals surface area contributed by atoms with E-state index < -0.39 is 23.5 Å². The largest absolute Gasteiger partial charge is 0.378 e. The fourth-order valence-electron chi connectivity index (χ4n) is 3.02. The maximum Gasteiger partial charge on any atom is 0.298 e. The van der Waals surface area contributed by atoms with Crippen LogP contribution < -0.4 is 5.32 Å². The van der Waals surface area contributed by atoms with Gasteiger partial charge in [0.15, 0.2) is 5.60 Å². The Balaban J connectivity index is 2.84. The Labute approximate surface area is 155 Å². The summed E-state index contributed by atoms with van der Waals surface area (Å²) in [6.45, 7) is 4.24. The summed E-state index contributed by atoms with van der Waals surface area (Å²) in [6.07, 6.45) is 0.121. The number of hydrogen-bond donors (Lipinski definition) is 2. The van der Waals surface area contributed by atoms with Crippen LogP contribution >= 0.6 is 0 Å². The van der Waals surface area contributed by atoms with Gasteiger partial charge in [0.2, 0.25) is 5.91 Å². The molecule has 1 rings (SSSR count). The first kappa shape index (κ1) is 21.9. The average Bonchev–Trinajstić information content (AvgIpc) is 2.96. The van der Waals surface area contributed by atoms with Crippen LogP contribution in [0.25, 0.3) is 0 Å². The van der Waals surface area contributed by atoms with Gasteiger partial charge in [0.1, 0.15) is 6.04 Å². The Morgan fingerprint density at radius 2 is 1.88 bits per heavy atom. The lowest BCUT2D eigenvalue weighted by Crippen LogP contribution is -2.57. The van der Waals surface area contributed by atoms with Crippen molar-refractivity contribution in [2.24, 2.45) is 5.92 Å². The van der Waals surface area contributed by atoms with Crippen LogP contribution in [0.5, 0.6) is 0 Å². The minimum Gasteiger partial charge on any atom is -0.378 e. The molecule has 0 aromatic heterocycles. The quantitative estimate of drug-likeness (QED) is 0.593. The fourth-order valence-corrected chi connectivity index (χ4v) is 3.02. The number of likely N-dealkylation sites (N-methyl/N-ethyl adjacent to an activating group) is 2. The predicted octanol–water partition coefficient (Wildman–Crippen LogP) is -1.26. The van der Waals surface area contributed by atoms with Crippen molar-refractivity contribution in [2.45, 2.75) is 31.9 Å². The number of carbonyl (C=O) groups is 3. The molecular formula is C18H30N4O4. The third-order valence-corrected chi connectivity index (χ3v) is 4.41. The molecule has 3 amide bonds. The van der Waals surface area contributed by atoms with E-state index in [1.54, 1.807) is 0 Å². The minimum absolute atomic E-state index is 0.121. The Morgan fingerprint density at radius 3 is 2.38 bits per heavy atom. The molecule has 0 bridgehead atoms. The highest BCUT2D eigenvalue weighted by Crippen LogP contribution is 2.25. The van der Waals surface area contributed by atoms with Gasteiger partial charge in [-0.05, 0) is 25.9 Å². The second-order valence-electron chi connectivity index (χ2n) is 7.27. The van der Waals surface area contributed by atoms with Gasteiger partial charge in [-0.25, -0.2) is 0 Å². The van der Waals surface area contributed by atoms with Crippen LogP contribution in [0.3, 0.4) is 0 Å². The van der Waals surface area contributed by atoms with Crippen molar-refractivity contribution in [1.82, 2.24) is 20.0 Å². The highest BCUT2D eigenvalue weighted by molar-refractivity contribution is 5.96. The molecule has 0 aromatic carbocycles. The van der Waals surface area contributed by atoms with Crippen LogP contribution in [0, 0.1) is 17.8 Å². The Hall–Kier alpha value is -2.11. The zero-order valence-electron chi connectivity index (χ0n) is 16.5. The molecule has 2 N–H and O–H groups in total. The van der Waals surface area contributed by atoms with E-state index in [2.05, 4.69) is 17.2 Å². The fraction of sp³-hybridized carbons (Fsp3) is 0.722. The van der Waals surface area contributed by atoms with Gasteiger partial charge in [0, 0.05) is 27.1 Å². The van der Waals surface area contributed by atoms with Gasteiger partial charge in [0.05, 0.1) is 13.1 Å². The zero-order chi connectivity index (χ0) is 20.1. The summed E-state index contributed by atoms with van der Waals surface area (Å²) < 4.78 is 0. The summed E-state index contributed by atoms with van der Waals surface area (Å²) in [7, 11) is 6.70. The monoisotopic (exact) mass is 366 g/mol. The Morgan fingerprint density at radius 1 is 1.27 bits per heavy atom. The van der Waals surface area contributed by atoms with Gasteiger partial charge < -0.3 is 20.2 Å². The number of nitrogens with zero attached hydrogens (tertiary/aromatic N) is 3. The number of nitrogens with one attached hydrogen (secondary N) is 1. The van der Waals surface area contributed by atoms with Gasteiger partial charge in [-0.15, -0.1) is 0 Å². The van der Waals surface area contributed by atoms with E-state index in [1.807, 2.05) is 32.8 Å². The molecule has 1 saturated heterocycles. The second kappa shape index (κ2) is 9.01. The number of aliphatic hydroxyl groups is 1. The van der Waals surface area contributed by atoms with Crippen molar-refractivity contribution in [1.29, 1.82) is 0 Å². The molecule has 1 aliphatic heterocycles. The van der Waals surface area contributed by atoms with Crippen molar-refractivity contribution in [3.05, 3.63) is 0 Å². The normalized spacial score (nSPS) is 20.6. The Kier molecular flexibility index (Phi) is 7.60. The topological polar surface area (TPSA) is 93.2 Å². The maximum absolute atomic E-state index is 12.8. The van der Waals surface area contributed by atoms with Crippen molar-refractivity contribution in [2.75, 3.05) is 47.8 Å². The van der Waals surface area contributed by atoms with Gasteiger partial charge in [-0.1, -0.05) is 19.8 Å². The molecular weight excluding hydrogens is 336 g/mol. The van der Waals surface area contributed by atoms with Gasteiger partial charge in [0.25, 0.3) is 11.8 Å². The van der Waals surface area contributed by atoms with E-state index in [4.69, 9.17) is 0 Å². The third-order valence-electron chi connectivity index (χ3n) is 4.41. The summed E-state index contributed by atoms with van der Waals surface area (Å²) >= 11 is 0. The van der Waals surface area contributed by atoms with Crippen LogP contribution in [-0.4, -0.2) is 97.0 Å². The average molecular weight is 366 g/mol. The Bertz CT molecular complexity index is 608. The number of β-amino-alcohol motifs (C(OH)–C–C–N with tert-alkyl or cyclic N) is 1. The van der Waals surface area contributed by atoms with Crippen LogP contribution in [0.1, 0.15) is 20.3 Å². The lowest BCUT2D eigenvalue weighted by Gasteiger charge is -2.34. The molecule has 8 heteroatoms. The first-order chi connectivity index (χ1) is 12.0. The van der Waals surface area contributed by atoms with E-state index in [-0.39, 0.29) is 31.3 Å². The first-order valence-corrected chi connectivity index (χ1v) is 8.67. The SMILES string of the molecule is CNC(=O)[C@H](C(C)C)N(C)C(=O)C1(O)CCN(C(=O)C#CCN(C)C)C1. The number of hydrogen-bond acceptors (Lipinski definition) is 5. The van der Waals surface area contributed by atoms with Gasteiger partial charge >= 0.3 is 0 Å². The van der Waals surface area contributed by atoms with Gasteiger partial charge in [-0.2, -0.15) is 0 Å². The van der Waals surface area contributed by atoms with Gasteiger partial charge in [-0.3, -0.25) is 19.3 Å². The van der Waals surface area contributed by atoms with Crippen molar-refractivity contribution in [3.8, 4) is 11.8 Å². The summed E-state index contributed by atoms with van der Waals surface area (Å²) in [5.41, 5.74) is -1.70. The first-order valence-electron chi connectivity index (χ1n) is 8.67. The number of rotatable bonds is 5. The molecule has 146 valence electrons. The van der Waals surface area contributed by atoms with E-state index >= 15 is 0 Å². The molecule has 1 unspecified atom stereocenters. The molecule has 1 aliphatic rings. The van der Waals surface area contributed by atoms with Crippen LogP contribution in [0.4, 0.5) is 0 Å². The zero-order valence-corrected chi connectivity index (χ0v) is 16.5. The van der Waals surface area contributed by atoms with E-state index in [0.717, 1.165) is 0 Å². The summed E-state index contributed by atoms with van der Waals surface area (Å²) in [5.74, 6) is 3.89. The molecule has 0 aliphatic carbocycles. The number of carbonyl (C=O) groups excluding carboxylic acids is 3. The van der Waals surface area contributed by atoms with E-state index in [0.29, 0.717) is 6.54 Å². The van der Waals surface area contributed by atoms with Crippen LogP contribution in [-0.2, 0) is 14.4 Å². The number of likely N-dealkylation sites (tertiary alicyclic amines) is 1.